The monoisotopic (exact) mass is 291 g/mol. The molecule has 1 N–H and O–H groups in total. The van der Waals surface area contributed by atoms with Gasteiger partial charge in [0, 0.05) is 13.1 Å². The molecule has 118 valence electrons. The maximum atomic E-state index is 5.62. The Hall–Kier alpha value is -1.22. The van der Waals surface area contributed by atoms with Crippen molar-refractivity contribution in [3.8, 4) is 11.5 Å². The lowest BCUT2D eigenvalue weighted by Gasteiger charge is -2.25. The van der Waals surface area contributed by atoms with Crippen LogP contribution >= 0.6 is 0 Å². The van der Waals surface area contributed by atoms with Crippen LogP contribution in [-0.4, -0.2) is 19.8 Å². The molecule has 0 saturated heterocycles. The second-order valence-corrected chi connectivity index (χ2v) is 6.70. The van der Waals surface area contributed by atoms with E-state index in [2.05, 4.69) is 38.2 Å². The summed E-state index contributed by atoms with van der Waals surface area (Å²) in [7, 11) is 0. The predicted molar refractivity (Wildman–Crippen MR) is 87.1 cm³/mol. The van der Waals surface area contributed by atoms with E-state index in [9.17, 15) is 0 Å². The van der Waals surface area contributed by atoms with Crippen molar-refractivity contribution in [1.82, 2.24) is 5.32 Å². The van der Waals surface area contributed by atoms with Gasteiger partial charge in [0.25, 0.3) is 0 Å². The molecule has 0 saturated carbocycles. The lowest BCUT2D eigenvalue weighted by molar-refractivity contribution is 0.171. The van der Waals surface area contributed by atoms with E-state index >= 15 is 0 Å². The lowest BCUT2D eigenvalue weighted by Crippen LogP contribution is -2.29. The molecule has 1 aliphatic heterocycles. The number of nitrogens with one attached hydrogen (secondary N) is 1. The number of rotatable bonds is 8. The van der Waals surface area contributed by atoms with Gasteiger partial charge in [-0.15, -0.1) is 0 Å². The molecule has 0 fully saturated rings. The summed E-state index contributed by atoms with van der Waals surface area (Å²) < 4.78 is 11.2. The topological polar surface area (TPSA) is 30.5 Å². The van der Waals surface area contributed by atoms with Crippen molar-refractivity contribution in [2.24, 2.45) is 5.41 Å². The van der Waals surface area contributed by atoms with Gasteiger partial charge in [0.1, 0.15) is 13.2 Å². The normalized spacial score (nSPS) is 14.2. The summed E-state index contributed by atoms with van der Waals surface area (Å²) in [6.45, 7) is 10.2. The van der Waals surface area contributed by atoms with Crippen LogP contribution in [0.5, 0.6) is 11.5 Å². The second-order valence-electron chi connectivity index (χ2n) is 6.70. The SMILES string of the molecule is CCCCCC(C)(C)CNCc1ccc2c(c1)OCCO2. The summed E-state index contributed by atoms with van der Waals surface area (Å²) in [6, 6.07) is 6.22. The van der Waals surface area contributed by atoms with Gasteiger partial charge in [0.05, 0.1) is 0 Å². The molecule has 0 amide bonds. The standard InChI is InChI=1S/C18H29NO2/c1-4-5-6-9-18(2,3)14-19-13-15-7-8-16-17(12-15)21-11-10-20-16/h7-8,12,19H,4-6,9-11,13-14H2,1-3H3. The Balaban J connectivity index is 1.77. The zero-order chi connectivity index (χ0) is 15.1. The van der Waals surface area contributed by atoms with Crippen LogP contribution in [0.25, 0.3) is 0 Å². The third kappa shape index (κ3) is 5.24. The Morgan fingerprint density at radius 3 is 2.62 bits per heavy atom. The Morgan fingerprint density at radius 1 is 1.10 bits per heavy atom. The van der Waals surface area contributed by atoms with Gasteiger partial charge in [-0.1, -0.05) is 46.1 Å². The number of ether oxygens (including phenoxy) is 2. The van der Waals surface area contributed by atoms with E-state index in [1.165, 1.54) is 31.2 Å². The summed E-state index contributed by atoms with van der Waals surface area (Å²) >= 11 is 0. The molecule has 21 heavy (non-hydrogen) atoms. The van der Waals surface area contributed by atoms with E-state index in [4.69, 9.17) is 9.47 Å². The number of unbranched alkanes of at least 4 members (excludes halogenated alkanes) is 2. The molecule has 0 aromatic heterocycles. The average Bonchev–Trinajstić information content (AvgIpc) is 2.47. The predicted octanol–water partition coefficient (Wildman–Crippen LogP) is 4.15. The molecule has 0 aliphatic carbocycles. The van der Waals surface area contributed by atoms with Gasteiger partial charge >= 0.3 is 0 Å². The fourth-order valence-electron chi connectivity index (χ4n) is 2.68. The van der Waals surface area contributed by atoms with Crippen LogP contribution in [-0.2, 0) is 6.54 Å². The zero-order valence-corrected chi connectivity index (χ0v) is 13.7. The maximum absolute atomic E-state index is 5.62. The van der Waals surface area contributed by atoms with Crippen molar-refractivity contribution < 1.29 is 9.47 Å². The summed E-state index contributed by atoms with van der Waals surface area (Å²) in [4.78, 5) is 0. The summed E-state index contributed by atoms with van der Waals surface area (Å²) in [5.41, 5.74) is 1.62. The first-order valence-electron chi connectivity index (χ1n) is 8.20. The molecule has 1 heterocycles. The smallest absolute Gasteiger partial charge is 0.161 e. The van der Waals surface area contributed by atoms with Gasteiger partial charge in [-0.3, -0.25) is 0 Å². The van der Waals surface area contributed by atoms with Gasteiger partial charge in [-0.2, -0.15) is 0 Å². The second kappa shape index (κ2) is 7.69. The highest BCUT2D eigenvalue weighted by Gasteiger charge is 2.17. The average molecular weight is 291 g/mol. The fraction of sp³-hybridized carbons (Fsp3) is 0.667. The van der Waals surface area contributed by atoms with Crippen molar-refractivity contribution >= 4 is 0 Å². The minimum atomic E-state index is 0.364. The van der Waals surface area contributed by atoms with Crippen LogP contribution in [0.15, 0.2) is 18.2 Å². The Bertz CT molecular complexity index is 443. The van der Waals surface area contributed by atoms with E-state index in [-0.39, 0.29) is 0 Å². The highest BCUT2D eigenvalue weighted by Crippen LogP contribution is 2.30. The molecular weight excluding hydrogens is 262 g/mol. The van der Waals surface area contributed by atoms with E-state index in [1.54, 1.807) is 0 Å². The summed E-state index contributed by atoms with van der Waals surface area (Å²) in [5.74, 6) is 1.74. The first-order chi connectivity index (χ1) is 10.1. The largest absolute Gasteiger partial charge is 0.486 e. The number of hydrogen-bond acceptors (Lipinski definition) is 3. The van der Waals surface area contributed by atoms with E-state index in [0.29, 0.717) is 18.6 Å². The Kier molecular flexibility index (Phi) is 5.92. The first-order valence-corrected chi connectivity index (χ1v) is 8.20. The zero-order valence-electron chi connectivity index (χ0n) is 13.7. The third-order valence-corrected chi connectivity index (χ3v) is 4.00. The van der Waals surface area contributed by atoms with E-state index in [1.807, 2.05) is 6.07 Å². The highest BCUT2D eigenvalue weighted by atomic mass is 16.6. The van der Waals surface area contributed by atoms with Crippen LogP contribution in [0.2, 0.25) is 0 Å². The van der Waals surface area contributed by atoms with Gasteiger partial charge < -0.3 is 14.8 Å². The van der Waals surface area contributed by atoms with Crippen LogP contribution in [0.1, 0.15) is 52.0 Å². The van der Waals surface area contributed by atoms with Crippen molar-refractivity contribution in [2.45, 2.75) is 53.0 Å². The molecule has 0 spiro atoms. The van der Waals surface area contributed by atoms with Crippen LogP contribution in [0.3, 0.4) is 0 Å². The van der Waals surface area contributed by atoms with Crippen LogP contribution in [0.4, 0.5) is 0 Å². The first kappa shape index (κ1) is 16.2. The minimum Gasteiger partial charge on any atom is -0.486 e. The third-order valence-electron chi connectivity index (χ3n) is 4.00. The minimum absolute atomic E-state index is 0.364. The van der Waals surface area contributed by atoms with Gasteiger partial charge in [-0.25, -0.2) is 0 Å². The van der Waals surface area contributed by atoms with Gasteiger partial charge in [-0.05, 0) is 29.5 Å². The lowest BCUT2D eigenvalue weighted by atomic mass is 9.87. The molecule has 3 nitrogen and oxygen atoms in total. The molecule has 1 aliphatic rings. The van der Waals surface area contributed by atoms with Crippen LogP contribution < -0.4 is 14.8 Å². The molecule has 1 aromatic carbocycles. The molecule has 0 atom stereocenters. The molecule has 0 bridgehead atoms. The maximum Gasteiger partial charge on any atom is 0.161 e. The van der Waals surface area contributed by atoms with Gasteiger partial charge in [0.2, 0.25) is 0 Å². The number of benzene rings is 1. The summed E-state index contributed by atoms with van der Waals surface area (Å²) in [6.07, 6.45) is 5.25. The quantitative estimate of drug-likeness (QED) is 0.730. The summed E-state index contributed by atoms with van der Waals surface area (Å²) in [5, 5.41) is 3.58. The molecule has 1 aromatic rings. The molecule has 0 radical (unpaired) electrons. The van der Waals surface area contributed by atoms with E-state index < -0.39 is 0 Å². The molecule has 2 rings (SSSR count). The van der Waals surface area contributed by atoms with Crippen molar-refractivity contribution in [1.29, 1.82) is 0 Å². The van der Waals surface area contributed by atoms with Crippen molar-refractivity contribution in [2.75, 3.05) is 19.8 Å². The Labute approximate surface area is 129 Å². The number of hydrogen-bond donors (Lipinski definition) is 1. The molecular formula is C18H29NO2. The number of fused-ring (bicyclic) bond motifs is 1. The van der Waals surface area contributed by atoms with Gasteiger partial charge in [0.15, 0.2) is 11.5 Å². The molecule has 3 heteroatoms. The van der Waals surface area contributed by atoms with E-state index in [0.717, 1.165) is 24.6 Å². The Morgan fingerprint density at radius 2 is 1.86 bits per heavy atom. The van der Waals surface area contributed by atoms with Crippen LogP contribution in [0, 0.1) is 5.41 Å². The van der Waals surface area contributed by atoms with Crippen molar-refractivity contribution in [3.63, 3.8) is 0 Å². The fourth-order valence-corrected chi connectivity index (χ4v) is 2.68. The highest BCUT2D eigenvalue weighted by molar-refractivity contribution is 5.43. The van der Waals surface area contributed by atoms with Crippen molar-refractivity contribution in [3.05, 3.63) is 23.8 Å². The molecule has 0 unspecified atom stereocenters.